The van der Waals surface area contributed by atoms with Crippen LogP contribution in [0.4, 0.5) is 0 Å². The largest absolute Gasteiger partial charge is 0.481 e. The SMILES string of the molecule is CCCCCCCCC(CCC(C)C)OC(=O)C1CCCC(C(=O)O)C1. The Morgan fingerprint density at radius 1 is 0.962 bits per heavy atom. The summed E-state index contributed by atoms with van der Waals surface area (Å²) in [5.74, 6) is -0.932. The van der Waals surface area contributed by atoms with Crippen molar-refractivity contribution in [2.45, 2.75) is 110 Å². The van der Waals surface area contributed by atoms with E-state index in [1.54, 1.807) is 0 Å². The lowest BCUT2D eigenvalue weighted by molar-refractivity contribution is -0.158. The van der Waals surface area contributed by atoms with Crippen LogP contribution < -0.4 is 0 Å². The smallest absolute Gasteiger partial charge is 0.309 e. The molecule has 1 aliphatic carbocycles. The van der Waals surface area contributed by atoms with Crippen LogP contribution in [-0.4, -0.2) is 23.1 Å². The molecule has 1 rings (SSSR count). The van der Waals surface area contributed by atoms with Gasteiger partial charge in [0.15, 0.2) is 0 Å². The summed E-state index contributed by atoms with van der Waals surface area (Å²) < 4.78 is 5.86. The van der Waals surface area contributed by atoms with Crippen molar-refractivity contribution in [2.24, 2.45) is 17.8 Å². The van der Waals surface area contributed by atoms with E-state index >= 15 is 0 Å². The number of aliphatic carboxylic acids is 1. The third-order valence-electron chi connectivity index (χ3n) is 5.59. The molecule has 3 atom stereocenters. The number of rotatable bonds is 13. The Bertz CT molecular complexity index is 405. The molecule has 1 N–H and O–H groups in total. The van der Waals surface area contributed by atoms with Crippen LogP contribution in [0.2, 0.25) is 0 Å². The maximum absolute atomic E-state index is 12.6. The van der Waals surface area contributed by atoms with Crippen LogP contribution in [-0.2, 0) is 14.3 Å². The highest BCUT2D eigenvalue weighted by Gasteiger charge is 2.32. The number of ether oxygens (including phenoxy) is 1. The fraction of sp³-hybridized carbons (Fsp3) is 0.909. The van der Waals surface area contributed by atoms with Crippen LogP contribution in [0.15, 0.2) is 0 Å². The average Bonchev–Trinajstić information content (AvgIpc) is 2.62. The van der Waals surface area contributed by atoms with E-state index in [4.69, 9.17) is 4.74 Å². The lowest BCUT2D eigenvalue weighted by Gasteiger charge is -2.27. The highest BCUT2D eigenvalue weighted by Crippen LogP contribution is 2.31. The number of carboxylic acids is 1. The van der Waals surface area contributed by atoms with Crippen molar-refractivity contribution in [3.05, 3.63) is 0 Å². The first-order valence-corrected chi connectivity index (χ1v) is 10.9. The van der Waals surface area contributed by atoms with E-state index in [1.807, 2.05) is 0 Å². The number of carboxylic acid groups (broad SMARTS) is 1. The van der Waals surface area contributed by atoms with Crippen molar-refractivity contribution >= 4 is 11.9 Å². The Hall–Kier alpha value is -1.06. The second-order valence-electron chi connectivity index (χ2n) is 8.49. The van der Waals surface area contributed by atoms with Gasteiger partial charge in [-0.3, -0.25) is 9.59 Å². The van der Waals surface area contributed by atoms with Crippen LogP contribution in [0.5, 0.6) is 0 Å². The molecular formula is C22H40O4. The molecular weight excluding hydrogens is 328 g/mol. The molecule has 0 aromatic rings. The molecule has 0 saturated heterocycles. The van der Waals surface area contributed by atoms with E-state index < -0.39 is 5.97 Å². The molecule has 152 valence electrons. The van der Waals surface area contributed by atoms with Crippen molar-refractivity contribution in [1.82, 2.24) is 0 Å². The van der Waals surface area contributed by atoms with Crippen molar-refractivity contribution in [1.29, 1.82) is 0 Å². The summed E-state index contributed by atoms with van der Waals surface area (Å²) in [7, 11) is 0. The maximum Gasteiger partial charge on any atom is 0.309 e. The van der Waals surface area contributed by atoms with Crippen LogP contribution in [0.3, 0.4) is 0 Å². The minimum Gasteiger partial charge on any atom is -0.481 e. The van der Waals surface area contributed by atoms with Gasteiger partial charge in [-0.15, -0.1) is 0 Å². The first-order valence-electron chi connectivity index (χ1n) is 10.9. The van der Waals surface area contributed by atoms with Gasteiger partial charge in [0.05, 0.1) is 11.8 Å². The van der Waals surface area contributed by atoms with E-state index in [-0.39, 0.29) is 23.9 Å². The summed E-state index contributed by atoms with van der Waals surface area (Å²) >= 11 is 0. The molecule has 1 fully saturated rings. The standard InChI is InChI=1S/C22H40O4/c1-4-5-6-7-8-9-13-20(15-14-17(2)3)26-22(25)19-12-10-11-18(16-19)21(23)24/h17-20H,4-16H2,1-3H3,(H,23,24). The van der Waals surface area contributed by atoms with Gasteiger partial charge in [-0.25, -0.2) is 0 Å². The highest BCUT2D eigenvalue weighted by atomic mass is 16.5. The number of unbranched alkanes of at least 4 members (excludes halogenated alkanes) is 5. The first-order chi connectivity index (χ1) is 12.4. The summed E-state index contributed by atoms with van der Waals surface area (Å²) in [6.45, 7) is 6.62. The molecule has 0 bridgehead atoms. The van der Waals surface area contributed by atoms with Crippen molar-refractivity contribution in [3.8, 4) is 0 Å². The quantitative estimate of drug-likeness (QED) is 0.321. The van der Waals surface area contributed by atoms with E-state index in [0.29, 0.717) is 18.8 Å². The predicted octanol–water partition coefficient (Wildman–Crippen LogP) is 5.98. The minimum absolute atomic E-state index is 0.00118. The Labute approximate surface area is 160 Å². The van der Waals surface area contributed by atoms with E-state index in [9.17, 15) is 14.7 Å². The van der Waals surface area contributed by atoms with Gasteiger partial charge in [0.1, 0.15) is 6.10 Å². The summed E-state index contributed by atoms with van der Waals surface area (Å²) in [4.78, 5) is 23.8. The van der Waals surface area contributed by atoms with Gasteiger partial charge < -0.3 is 9.84 Å². The van der Waals surface area contributed by atoms with Crippen molar-refractivity contribution < 1.29 is 19.4 Å². The van der Waals surface area contributed by atoms with Crippen LogP contribution in [0.1, 0.15) is 104 Å². The number of hydrogen-bond donors (Lipinski definition) is 1. The predicted molar refractivity (Wildman–Crippen MR) is 105 cm³/mol. The van der Waals surface area contributed by atoms with E-state index in [2.05, 4.69) is 20.8 Å². The number of carbonyl (C=O) groups excluding carboxylic acids is 1. The molecule has 4 nitrogen and oxygen atoms in total. The number of carbonyl (C=O) groups is 2. The second kappa shape index (κ2) is 13.2. The van der Waals surface area contributed by atoms with Gasteiger partial charge in [-0.1, -0.05) is 59.3 Å². The van der Waals surface area contributed by atoms with Crippen LogP contribution in [0, 0.1) is 17.8 Å². The molecule has 1 saturated carbocycles. The van der Waals surface area contributed by atoms with Gasteiger partial charge in [0.25, 0.3) is 0 Å². The molecule has 4 heteroatoms. The second-order valence-corrected chi connectivity index (χ2v) is 8.49. The summed E-state index contributed by atoms with van der Waals surface area (Å²) in [5.41, 5.74) is 0. The number of hydrogen-bond acceptors (Lipinski definition) is 3. The Kier molecular flexibility index (Phi) is 11.6. The van der Waals surface area contributed by atoms with E-state index in [0.717, 1.165) is 38.5 Å². The molecule has 0 aliphatic heterocycles. The third kappa shape index (κ3) is 9.59. The maximum atomic E-state index is 12.6. The van der Waals surface area contributed by atoms with Gasteiger partial charge in [-0.05, 0) is 50.9 Å². The van der Waals surface area contributed by atoms with Gasteiger partial charge in [-0.2, -0.15) is 0 Å². The third-order valence-corrected chi connectivity index (χ3v) is 5.59. The molecule has 0 aromatic heterocycles. The fourth-order valence-electron chi connectivity index (χ4n) is 3.82. The molecule has 0 radical (unpaired) electrons. The zero-order valence-electron chi connectivity index (χ0n) is 17.2. The average molecular weight is 369 g/mol. The Morgan fingerprint density at radius 3 is 2.27 bits per heavy atom. The lowest BCUT2D eigenvalue weighted by Crippen LogP contribution is -2.31. The molecule has 0 amide bonds. The van der Waals surface area contributed by atoms with Gasteiger partial charge in [0.2, 0.25) is 0 Å². The molecule has 26 heavy (non-hydrogen) atoms. The van der Waals surface area contributed by atoms with Gasteiger partial charge >= 0.3 is 11.9 Å². The fourth-order valence-corrected chi connectivity index (χ4v) is 3.82. The summed E-state index contributed by atoms with van der Waals surface area (Å²) in [6, 6.07) is 0. The first kappa shape index (κ1) is 23.0. The minimum atomic E-state index is -0.772. The number of esters is 1. The highest BCUT2D eigenvalue weighted by molar-refractivity contribution is 5.75. The normalized spacial score (nSPS) is 21.5. The zero-order chi connectivity index (χ0) is 19.4. The van der Waals surface area contributed by atoms with Gasteiger partial charge in [0, 0.05) is 0 Å². The Balaban J connectivity index is 2.44. The lowest BCUT2D eigenvalue weighted by atomic mass is 9.81. The summed E-state index contributed by atoms with van der Waals surface area (Å²) in [6.07, 6.45) is 13.1. The molecule has 1 aliphatic rings. The molecule has 3 unspecified atom stereocenters. The van der Waals surface area contributed by atoms with E-state index in [1.165, 1.54) is 32.1 Å². The molecule has 0 heterocycles. The Morgan fingerprint density at radius 2 is 1.62 bits per heavy atom. The van der Waals surface area contributed by atoms with Crippen molar-refractivity contribution in [3.63, 3.8) is 0 Å². The van der Waals surface area contributed by atoms with Crippen LogP contribution >= 0.6 is 0 Å². The zero-order valence-corrected chi connectivity index (χ0v) is 17.2. The monoisotopic (exact) mass is 368 g/mol. The molecule has 0 spiro atoms. The topological polar surface area (TPSA) is 63.6 Å². The summed E-state index contributed by atoms with van der Waals surface area (Å²) in [5, 5.41) is 9.22. The molecule has 0 aromatic carbocycles. The van der Waals surface area contributed by atoms with Crippen LogP contribution in [0.25, 0.3) is 0 Å². The van der Waals surface area contributed by atoms with Crippen molar-refractivity contribution in [2.75, 3.05) is 0 Å².